The fourth-order valence-corrected chi connectivity index (χ4v) is 4.01. The maximum atomic E-state index is 10.2. The third kappa shape index (κ3) is 3.78. The first-order valence-corrected chi connectivity index (χ1v) is 9.84. The van der Waals surface area contributed by atoms with Crippen molar-refractivity contribution >= 4 is 33.1 Å². The Morgan fingerprint density at radius 1 is 1.04 bits per heavy atom. The second-order valence-electron chi connectivity index (χ2n) is 6.58. The number of phenolic OH excluding ortho intramolecular Hbond substituents is 1. The summed E-state index contributed by atoms with van der Waals surface area (Å²) in [6, 6.07) is 17.9. The van der Waals surface area contributed by atoms with Crippen molar-refractivity contribution in [2.45, 2.75) is 26.7 Å². The lowest BCUT2D eigenvalue weighted by Crippen LogP contribution is -2.02. The molecule has 0 amide bonds. The lowest BCUT2D eigenvalue weighted by Gasteiger charge is -2.11. The lowest BCUT2D eigenvalue weighted by molar-refractivity contribution is 0.477. The van der Waals surface area contributed by atoms with E-state index < -0.39 is 0 Å². The number of aromatic nitrogens is 2. The predicted molar refractivity (Wildman–Crippen MR) is 112 cm³/mol. The van der Waals surface area contributed by atoms with E-state index in [0.29, 0.717) is 12.1 Å². The van der Waals surface area contributed by atoms with Crippen LogP contribution in [0.1, 0.15) is 28.8 Å². The maximum absolute atomic E-state index is 10.2. The van der Waals surface area contributed by atoms with Crippen LogP contribution in [0.3, 0.4) is 0 Å². The van der Waals surface area contributed by atoms with Gasteiger partial charge in [0.25, 0.3) is 0 Å². The van der Waals surface area contributed by atoms with Crippen molar-refractivity contribution in [3.63, 3.8) is 0 Å². The van der Waals surface area contributed by atoms with E-state index in [2.05, 4.69) is 30.4 Å². The van der Waals surface area contributed by atoms with Gasteiger partial charge in [-0.25, -0.2) is 9.97 Å². The summed E-state index contributed by atoms with van der Waals surface area (Å²) in [7, 11) is 0. The number of phenols is 1. The van der Waals surface area contributed by atoms with Gasteiger partial charge in [-0.05, 0) is 42.7 Å². The zero-order valence-corrected chi connectivity index (χ0v) is 16.2. The van der Waals surface area contributed by atoms with Gasteiger partial charge in [0.15, 0.2) is 0 Å². The van der Waals surface area contributed by atoms with Gasteiger partial charge in [-0.2, -0.15) is 0 Å². The molecule has 4 nitrogen and oxygen atoms in total. The number of hydrogen-bond donors (Lipinski definition) is 2. The minimum atomic E-state index is 0.211. The summed E-state index contributed by atoms with van der Waals surface area (Å²) in [6.45, 7) is 4.14. The molecule has 0 radical (unpaired) electrons. The molecule has 4 aromatic rings. The highest BCUT2D eigenvalue weighted by atomic mass is 32.1. The molecule has 0 atom stereocenters. The molecule has 0 unspecified atom stereocenters. The summed E-state index contributed by atoms with van der Waals surface area (Å²) < 4.78 is 0. The first-order chi connectivity index (χ1) is 13.1. The third-order valence-electron chi connectivity index (χ3n) is 4.45. The van der Waals surface area contributed by atoms with Gasteiger partial charge in [-0.1, -0.05) is 43.3 Å². The Balaban J connectivity index is 1.79. The molecule has 2 N–H and O–H groups in total. The Morgan fingerprint density at radius 3 is 2.63 bits per heavy atom. The van der Waals surface area contributed by atoms with E-state index in [1.807, 2.05) is 37.3 Å². The average molecular weight is 375 g/mol. The van der Waals surface area contributed by atoms with Crippen LogP contribution >= 0.6 is 11.3 Å². The number of hydrogen-bond acceptors (Lipinski definition) is 5. The molecule has 0 saturated carbocycles. The molecule has 0 aliphatic heterocycles. The second kappa shape index (κ2) is 7.37. The van der Waals surface area contributed by atoms with E-state index in [-0.39, 0.29) is 5.75 Å². The molecule has 2 aromatic heterocycles. The van der Waals surface area contributed by atoms with Crippen molar-refractivity contribution in [3.8, 4) is 5.75 Å². The van der Waals surface area contributed by atoms with Crippen molar-refractivity contribution in [3.05, 3.63) is 76.4 Å². The van der Waals surface area contributed by atoms with Crippen LogP contribution in [0.2, 0.25) is 0 Å². The number of fused-ring (bicyclic) bond motifs is 1. The molecule has 0 fully saturated rings. The highest BCUT2D eigenvalue weighted by Crippen LogP contribution is 2.34. The second-order valence-corrected chi connectivity index (χ2v) is 7.70. The van der Waals surface area contributed by atoms with Crippen molar-refractivity contribution in [1.82, 2.24) is 9.97 Å². The van der Waals surface area contributed by atoms with Gasteiger partial charge in [0.1, 0.15) is 22.2 Å². The Morgan fingerprint density at radius 2 is 1.85 bits per heavy atom. The summed E-state index contributed by atoms with van der Waals surface area (Å²) in [5.74, 6) is 1.72. The smallest absolute Gasteiger partial charge is 0.143 e. The topological polar surface area (TPSA) is 58.0 Å². The first-order valence-electron chi connectivity index (χ1n) is 9.02. The molecule has 136 valence electrons. The molecule has 0 saturated heterocycles. The zero-order valence-electron chi connectivity index (χ0n) is 15.4. The summed E-state index contributed by atoms with van der Waals surface area (Å²) in [5.41, 5.74) is 2.91. The Bertz CT molecular complexity index is 1090. The summed E-state index contributed by atoms with van der Waals surface area (Å²) in [4.78, 5) is 11.8. The number of benzene rings is 2. The summed E-state index contributed by atoms with van der Waals surface area (Å²) >= 11 is 1.70. The van der Waals surface area contributed by atoms with E-state index >= 15 is 0 Å². The third-order valence-corrected chi connectivity index (χ3v) is 5.62. The molecule has 0 aliphatic rings. The standard InChI is InChI=1S/C22H21N3OS/c1-3-16-13-17-21(23-18-11-14(2)9-10-19(18)26)24-20(25-22(17)27-16)12-15-7-5-4-6-8-15/h4-11,13,26H,3,12H2,1-2H3,(H,23,24,25). The number of rotatable bonds is 5. The number of nitrogens with one attached hydrogen (secondary N) is 1. The highest BCUT2D eigenvalue weighted by Gasteiger charge is 2.13. The van der Waals surface area contributed by atoms with Crippen LogP contribution in [0.15, 0.2) is 54.6 Å². The fourth-order valence-electron chi connectivity index (χ4n) is 3.02. The maximum Gasteiger partial charge on any atom is 0.143 e. The minimum absolute atomic E-state index is 0.211. The Hall–Kier alpha value is -2.92. The van der Waals surface area contributed by atoms with Crippen LogP contribution in [-0.2, 0) is 12.8 Å². The van der Waals surface area contributed by atoms with Gasteiger partial charge in [0.2, 0.25) is 0 Å². The van der Waals surface area contributed by atoms with Crippen molar-refractivity contribution in [1.29, 1.82) is 0 Å². The molecule has 5 heteroatoms. The predicted octanol–water partition coefficient (Wildman–Crippen LogP) is 5.60. The molecule has 4 rings (SSSR count). The minimum Gasteiger partial charge on any atom is -0.506 e. The summed E-state index contributed by atoms with van der Waals surface area (Å²) in [5, 5.41) is 14.5. The molecule has 0 spiro atoms. The van der Waals surface area contributed by atoms with E-state index in [1.165, 1.54) is 10.4 Å². The molecule has 0 bridgehead atoms. The van der Waals surface area contributed by atoms with Crippen LogP contribution in [-0.4, -0.2) is 15.1 Å². The molecule has 0 aliphatic carbocycles. The molecule has 2 heterocycles. The van der Waals surface area contributed by atoms with Gasteiger partial charge >= 0.3 is 0 Å². The van der Waals surface area contributed by atoms with Gasteiger partial charge in [-0.15, -0.1) is 11.3 Å². The molecular formula is C22H21N3OS. The van der Waals surface area contributed by atoms with Gasteiger partial charge < -0.3 is 10.4 Å². The van der Waals surface area contributed by atoms with Gasteiger partial charge in [0, 0.05) is 11.3 Å². The lowest BCUT2D eigenvalue weighted by atomic mass is 10.1. The SMILES string of the molecule is CCc1cc2c(Nc3cc(C)ccc3O)nc(Cc3ccccc3)nc2s1. The zero-order chi connectivity index (χ0) is 18.8. The molecular weight excluding hydrogens is 354 g/mol. The van der Waals surface area contributed by atoms with E-state index in [9.17, 15) is 5.11 Å². The number of aromatic hydroxyl groups is 1. The van der Waals surface area contributed by atoms with E-state index in [4.69, 9.17) is 9.97 Å². The van der Waals surface area contributed by atoms with Crippen LogP contribution in [0.4, 0.5) is 11.5 Å². The summed E-state index contributed by atoms with van der Waals surface area (Å²) in [6.07, 6.45) is 1.63. The molecule has 2 aromatic carbocycles. The van der Waals surface area contributed by atoms with Gasteiger partial charge in [0.05, 0.1) is 11.1 Å². The average Bonchev–Trinajstić information content (AvgIpc) is 3.09. The quantitative estimate of drug-likeness (QED) is 0.446. The van der Waals surface area contributed by atoms with Crippen LogP contribution < -0.4 is 5.32 Å². The largest absolute Gasteiger partial charge is 0.506 e. The molecule has 27 heavy (non-hydrogen) atoms. The van der Waals surface area contributed by atoms with Crippen LogP contribution in [0.25, 0.3) is 10.2 Å². The fraction of sp³-hybridized carbons (Fsp3) is 0.182. The monoisotopic (exact) mass is 375 g/mol. The van der Waals surface area contributed by atoms with Crippen LogP contribution in [0.5, 0.6) is 5.75 Å². The van der Waals surface area contributed by atoms with Crippen molar-refractivity contribution in [2.24, 2.45) is 0 Å². The van der Waals surface area contributed by atoms with E-state index in [0.717, 1.165) is 33.8 Å². The van der Waals surface area contributed by atoms with E-state index in [1.54, 1.807) is 17.4 Å². The Kier molecular flexibility index (Phi) is 4.77. The van der Waals surface area contributed by atoms with Crippen molar-refractivity contribution in [2.75, 3.05) is 5.32 Å². The first kappa shape index (κ1) is 17.5. The van der Waals surface area contributed by atoms with Crippen molar-refractivity contribution < 1.29 is 5.11 Å². The highest BCUT2D eigenvalue weighted by molar-refractivity contribution is 7.18. The normalized spacial score (nSPS) is 11.0. The van der Waals surface area contributed by atoms with Gasteiger partial charge in [-0.3, -0.25) is 0 Å². The number of thiophene rings is 1. The number of anilines is 2. The Labute approximate surface area is 162 Å². The number of nitrogens with zero attached hydrogens (tertiary/aromatic N) is 2. The van der Waals surface area contributed by atoms with Crippen LogP contribution in [0, 0.1) is 6.92 Å². The number of aryl methyl sites for hydroxylation is 2.